The van der Waals surface area contributed by atoms with Gasteiger partial charge >= 0.3 is 18.2 Å². The van der Waals surface area contributed by atoms with Crippen LogP contribution in [0, 0.1) is 11.3 Å². The Labute approximate surface area is 135 Å². The van der Waals surface area contributed by atoms with Crippen LogP contribution in [0.4, 0.5) is 9.59 Å². The standard InChI is InChI=1S/C15H24N2O6/c1-14(2,3)23-12(19)16-10-5-9-7-17(13(20)21)8-15(9,6-10)11(18)22-4/h9-10H,5-8H2,1-4H3,(H,16,19)(H,20,21). The van der Waals surface area contributed by atoms with Gasteiger partial charge in [0.1, 0.15) is 5.60 Å². The van der Waals surface area contributed by atoms with Gasteiger partial charge in [-0.3, -0.25) is 4.79 Å². The average Bonchev–Trinajstić information content (AvgIpc) is 2.89. The smallest absolute Gasteiger partial charge is 0.407 e. The molecule has 0 aromatic heterocycles. The second-order valence-electron chi connectivity index (χ2n) is 7.29. The molecule has 3 atom stereocenters. The lowest BCUT2D eigenvalue weighted by Crippen LogP contribution is -2.42. The minimum atomic E-state index is -1.04. The van der Waals surface area contributed by atoms with Crippen molar-refractivity contribution in [1.29, 1.82) is 0 Å². The second-order valence-corrected chi connectivity index (χ2v) is 7.29. The maximum absolute atomic E-state index is 12.3. The zero-order chi connectivity index (χ0) is 17.4. The predicted molar refractivity (Wildman–Crippen MR) is 79.9 cm³/mol. The minimum Gasteiger partial charge on any atom is -0.469 e. The monoisotopic (exact) mass is 328 g/mol. The Morgan fingerprint density at radius 1 is 1.30 bits per heavy atom. The van der Waals surface area contributed by atoms with Gasteiger partial charge in [-0.1, -0.05) is 0 Å². The van der Waals surface area contributed by atoms with E-state index >= 15 is 0 Å². The highest BCUT2D eigenvalue weighted by molar-refractivity contribution is 5.80. The lowest BCUT2D eigenvalue weighted by molar-refractivity contribution is -0.153. The van der Waals surface area contributed by atoms with E-state index in [-0.39, 0.29) is 25.0 Å². The number of nitrogens with one attached hydrogen (secondary N) is 1. The molecule has 1 aliphatic heterocycles. The lowest BCUT2D eigenvalue weighted by Gasteiger charge is -2.26. The fourth-order valence-corrected chi connectivity index (χ4v) is 3.62. The van der Waals surface area contributed by atoms with Crippen molar-refractivity contribution in [3.63, 3.8) is 0 Å². The molecule has 8 heteroatoms. The first-order valence-electron chi connectivity index (χ1n) is 7.63. The zero-order valence-corrected chi connectivity index (χ0v) is 13.9. The van der Waals surface area contributed by atoms with E-state index in [0.29, 0.717) is 12.8 Å². The Bertz CT molecular complexity index is 515. The van der Waals surface area contributed by atoms with Crippen LogP contribution in [0.3, 0.4) is 0 Å². The number of carboxylic acid groups (broad SMARTS) is 1. The fraction of sp³-hybridized carbons (Fsp3) is 0.800. The van der Waals surface area contributed by atoms with Gasteiger partial charge in [-0.05, 0) is 39.5 Å². The number of esters is 1. The Hall–Kier alpha value is -1.99. The molecule has 8 nitrogen and oxygen atoms in total. The van der Waals surface area contributed by atoms with Crippen molar-refractivity contribution in [2.24, 2.45) is 11.3 Å². The van der Waals surface area contributed by atoms with Crippen LogP contribution in [0.25, 0.3) is 0 Å². The van der Waals surface area contributed by atoms with E-state index in [9.17, 15) is 14.4 Å². The molecule has 2 amide bonds. The van der Waals surface area contributed by atoms with Gasteiger partial charge in [0.05, 0.1) is 12.5 Å². The Morgan fingerprint density at radius 3 is 2.48 bits per heavy atom. The van der Waals surface area contributed by atoms with Crippen LogP contribution in [0.15, 0.2) is 0 Å². The lowest BCUT2D eigenvalue weighted by atomic mass is 9.81. The van der Waals surface area contributed by atoms with E-state index in [2.05, 4.69) is 5.32 Å². The molecule has 130 valence electrons. The largest absolute Gasteiger partial charge is 0.469 e. The molecule has 2 N–H and O–H groups in total. The highest BCUT2D eigenvalue weighted by Crippen LogP contribution is 2.49. The summed E-state index contributed by atoms with van der Waals surface area (Å²) in [4.78, 5) is 36.6. The van der Waals surface area contributed by atoms with E-state index in [0.717, 1.165) is 0 Å². The number of hydrogen-bond acceptors (Lipinski definition) is 5. The highest BCUT2D eigenvalue weighted by atomic mass is 16.6. The third-order valence-corrected chi connectivity index (χ3v) is 4.46. The van der Waals surface area contributed by atoms with Gasteiger partial charge in [-0.15, -0.1) is 0 Å². The quantitative estimate of drug-likeness (QED) is 0.743. The number of fused-ring (bicyclic) bond motifs is 1. The third-order valence-electron chi connectivity index (χ3n) is 4.46. The maximum Gasteiger partial charge on any atom is 0.407 e. The number of carbonyl (C=O) groups is 3. The SMILES string of the molecule is COC(=O)C12CC(NC(=O)OC(C)(C)C)CC1CN(C(=O)O)C2. The summed E-state index contributed by atoms with van der Waals surface area (Å²) < 4.78 is 10.1. The summed E-state index contributed by atoms with van der Waals surface area (Å²) in [7, 11) is 1.30. The van der Waals surface area contributed by atoms with Crippen LogP contribution in [0.5, 0.6) is 0 Å². The van der Waals surface area contributed by atoms with Gasteiger partial charge in [0, 0.05) is 19.1 Å². The normalized spacial score (nSPS) is 29.8. The summed E-state index contributed by atoms with van der Waals surface area (Å²) >= 11 is 0. The third kappa shape index (κ3) is 3.51. The van der Waals surface area contributed by atoms with Crippen molar-refractivity contribution in [2.75, 3.05) is 20.2 Å². The number of rotatable bonds is 2. The van der Waals surface area contributed by atoms with Gasteiger partial charge < -0.3 is 24.8 Å². The summed E-state index contributed by atoms with van der Waals surface area (Å²) in [5.74, 6) is -0.578. The van der Waals surface area contributed by atoms with Gasteiger partial charge in [-0.25, -0.2) is 9.59 Å². The summed E-state index contributed by atoms with van der Waals surface area (Å²) in [5, 5.41) is 11.9. The molecule has 0 bridgehead atoms. The minimum absolute atomic E-state index is 0.103. The number of likely N-dealkylation sites (tertiary alicyclic amines) is 1. The molecule has 2 rings (SSSR count). The van der Waals surface area contributed by atoms with Crippen molar-refractivity contribution in [1.82, 2.24) is 10.2 Å². The predicted octanol–water partition coefficient (Wildman–Crippen LogP) is 1.44. The van der Waals surface area contributed by atoms with Crippen LogP contribution in [0.2, 0.25) is 0 Å². The number of methoxy groups -OCH3 is 1. The molecular formula is C15H24N2O6. The highest BCUT2D eigenvalue weighted by Gasteiger charge is 2.59. The second kappa shape index (κ2) is 5.90. The van der Waals surface area contributed by atoms with Gasteiger partial charge in [0.15, 0.2) is 0 Å². The number of hydrogen-bond donors (Lipinski definition) is 2. The first-order chi connectivity index (χ1) is 10.6. The van der Waals surface area contributed by atoms with Crippen molar-refractivity contribution in [3.8, 4) is 0 Å². The number of amides is 2. The summed E-state index contributed by atoms with van der Waals surface area (Å²) in [6, 6.07) is -0.232. The topological polar surface area (TPSA) is 105 Å². The molecule has 0 spiro atoms. The van der Waals surface area contributed by atoms with Gasteiger partial charge in [-0.2, -0.15) is 0 Å². The summed E-state index contributed by atoms with van der Waals surface area (Å²) in [5.41, 5.74) is -1.48. The number of ether oxygens (including phenoxy) is 2. The number of carbonyl (C=O) groups excluding carboxylic acids is 2. The first kappa shape index (κ1) is 17.4. The first-order valence-corrected chi connectivity index (χ1v) is 7.63. The molecular weight excluding hydrogens is 304 g/mol. The molecule has 2 fully saturated rings. The fourth-order valence-electron chi connectivity index (χ4n) is 3.62. The molecule has 2 aliphatic rings. The van der Waals surface area contributed by atoms with Crippen LogP contribution in [-0.4, -0.2) is 60.0 Å². The van der Waals surface area contributed by atoms with Gasteiger partial charge in [0.2, 0.25) is 0 Å². The molecule has 23 heavy (non-hydrogen) atoms. The molecule has 0 aromatic carbocycles. The Morgan fingerprint density at radius 2 is 1.96 bits per heavy atom. The molecule has 1 saturated heterocycles. The van der Waals surface area contributed by atoms with Crippen LogP contribution in [0.1, 0.15) is 33.6 Å². The van der Waals surface area contributed by atoms with Crippen molar-refractivity contribution >= 4 is 18.2 Å². The summed E-state index contributed by atoms with van der Waals surface area (Å²) in [6.45, 7) is 5.70. The molecule has 0 aromatic rings. The summed E-state index contributed by atoms with van der Waals surface area (Å²) in [6.07, 6.45) is -0.692. The number of alkyl carbamates (subject to hydrolysis) is 1. The van der Waals surface area contributed by atoms with Crippen molar-refractivity contribution in [2.45, 2.75) is 45.3 Å². The Kier molecular flexibility index (Phi) is 4.45. The molecule has 0 radical (unpaired) electrons. The van der Waals surface area contributed by atoms with E-state index < -0.39 is 29.2 Å². The molecule has 1 aliphatic carbocycles. The van der Waals surface area contributed by atoms with E-state index in [1.165, 1.54) is 12.0 Å². The molecule has 3 unspecified atom stereocenters. The Balaban J connectivity index is 2.07. The van der Waals surface area contributed by atoms with Crippen LogP contribution >= 0.6 is 0 Å². The average molecular weight is 328 g/mol. The molecule has 1 heterocycles. The maximum atomic E-state index is 12.3. The van der Waals surface area contributed by atoms with Crippen LogP contribution < -0.4 is 5.32 Å². The van der Waals surface area contributed by atoms with E-state index in [4.69, 9.17) is 14.6 Å². The van der Waals surface area contributed by atoms with E-state index in [1.807, 2.05) is 0 Å². The number of nitrogens with zero attached hydrogens (tertiary/aromatic N) is 1. The van der Waals surface area contributed by atoms with Crippen LogP contribution in [-0.2, 0) is 14.3 Å². The van der Waals surface area contributed by atoms with Crippen molar-refractivity contribution in [3.05, 3.63) is 0 Å². The van der Waals surface area contributed by atoms with E-state index in [1.54, 1.807) is 20.8 Å². The van der Waals surface area contributed by atoms with Crippen molar-refractivity contribution < 1.29 is 29.0 Å². The molecule has 1 saturated carbocycles. The van der Waals surface area contributed by atoms with Gasteiger partial charge in [0.25, 0.3) is 0 Å². The zero-order valence-electron chi connectivity index (χ0n) is 13.9.